The van der Waals surface area contributed by atoms with E-state index in [1.807, 2.05) is 30.3 Å². The van der Waals surface area contributed by atoms with Crippen molar-refractivity contribution >= 4 is 27.9 Å². The highest BCUT2D eigenvalue weighted by Crippen LogP contribution is 2.24. The quantitative estimate of drug-likeness (QED) is 0.590. The van der Waals surface area contributed by atoms with Gasteiger partial charge in [-0.1, -0.05) is 43.2 Å². The minimum Gasteiger partial charge on any atom is -0.351 e. The van der Waals surface area contributed by atoms with Crippen LogP contribution in [0.5, 0.6) is 0 Å². The van der Waals surface area contributed by atoms with Crippen LogP contribution in [0.4, 0.5) is 4.39 Å². The minimum atomic E-state index is -3.65. The van der Waals surface area contributed by atoms with Gasteiger partial charge in [0, 0.05) is 36.1 Å². The number of piperidine rings is 1. The molecule has 2 amide bonds. The lowest BCUT2D eigenvalue weighted by Gasteiger charge is -2.35. The average Bonchev–Trinajstić information content (AvgIpc) is 2.89. The fourth-order valence-corrected chi connectivity index (χ4v) is 6.10. The van der Waals surface area contributed by atoms with Crippen molar-refractivity contribution in [2.24, 2.45) is 5.92 Å². The van der Waals surface area contributed by atoms with Crippen molar-refractivity contribution in [3.05, 3.63) is 76.9 Å². The molecule has 9 heteroatoms. The summed E-state index contributed by atoms with van der Waals surface area (Å²) in [5.41, 5.74) is 1.15. The van der Waals surface area contributed by atoms with Gasteiger partial charge in [0.1, 0.15) is 5.82 Å². The third-order valence-electron chi connectivity index (χ3n) is 6.86. The van der Waals surface area contributed by atoms with Crippen LogP contribution in [0, 0.1) is 11.7 Å². The van der Waals surface area contributed by atoms with E-state index in [9.17, 15) is 22.4 Å². The highest BCUT2D eigenvalue weighted by molar-refractivity contribution is 7.92. The molecule has 4 rings (SSSR count). The molecule has 0 bridgehead atoms. The lowest BCUT2D eigenvalue weighted by atomic mass is 9.89. The molecular formula is C27H32FN3O4S. The molecule has 1 aliphatic heterocycles. The summed E-state index contributed by atoms with van der Waals surface area (Å²) in [5.74, 6) is -1.35. The van der Waals surface area contributed by atoms with Gasteiger partial charge in [-0.25, -0.2) is 12.8 Å². The van der Waals surface area contributed by atoms with Gasteiger partial charge in [-0.2, -0.15) is 4.31 Å². The van der Waals surface area contributed by atoms with E-state index in [1.54, 1.807) is 6.08 Å². The molecule has 2 unspecified atom stereocenters. The summed E-state index contributed by atoms with van der Waals surface area (Å²) in [6, 6.07) is 14.1. The van der Waals surface area contributed by atoms with Gasteiger partial charge in [-0.05, 0) is 61.6 Å². The molecule has 2 aromatic rings. The maximum absolute atomic E-state index is 13.2. The van der Waals surface area contributed by atoms with Crippen LogP contribution in [-0.2, 0) is 14.8 Å². The maximum Gasteiger partial charge on any atom is 0.251 e. The van der Waals surface area contributed by atoms with E-state index in [0.29, 0.717) is 24.9 Å². The second kappa shape index (κ2) is 11.8. The molecule has 0 radical (unpaired) electrons. The van der Waals surface area contributed by atoms with Gasteiger partial charge < -0.3 is 10.6 Å². The van der Waals surface area contributed by atoms with Crippen LogP contribution in [-0.4, -0.2) is 49.7 Å². The van der Waals surface area contributed by atoms with Crippen LogP contribution in [0.3, 0.4) is 0 Å². The molecule has 2 aliphatic rings. The molecule has 0 aromatic heterocycles. The highest BCUT2D eigenvalue weighted by atomic mass is 32.2. The molecule has 2 N–H and O–H groups in total. The Bertz CT molecular complexity index is 1190. The summed E-state index contributed by atoms with van der Waals surface area (Å²) in [5, 5.41) is 7.27. The molecule has 1 saturated heterocycles. The van der Waals surface area contributed by atoms with E-state index < -0.39 is 21.8 Å². The zero-order valence-electron chi connectivity index (χ0n) is 20.1. The fourth-order valence-electron chi connectivity index (χ4n) is 4.83. The SMILES string of the molecule is O=C(N[C@@H]1CCCCC1NC(=O)C1CCCN(S(=O)(=O)/C=C/c2ccccc2)C1)c1ccc(F)cc1. The molecule has 36 heavy (non-hydrogen) atoms. The Morgan fingerprint density at radius 2 is 1.56 bits per heavy atom. The Kier molecular flexibility index (Phi) is 8.53. The van der Waals surface area contributed by atoms with Gasteiger partial charge in [-0.3, -0.25) is 9.59 Å². The van der Waals surface area contributed by atoms with Crippen molar-refractivity contribution in [1.82, 2.24) is 14.9 Å². The number of sulfonamides is 1. The monoisotopic (exact) mass is 513 g/mol. The Balaban J connectivity index is 1.36. The van der Waals surface area contributed by atoms with Crippen LogP contribution >= 0.6 is 0 Å². The number of rotatable bonds is 7. The van der Waals surface area contributed by atoms with E-state index in [1.165, 1.54) is 34.0 Å². The van der Waals surface area contributed by atoms with Crippen molar-refractivity contribution in [2.75, 3.05) is 13.1 Å². The highest BCUT2D eigenvalue weighted by Gasteiger charge is 2.34. The first kappa shape index (κ1) is 26.0. The zero-order valence-corrected chi connectivity index (χ0v) is 20.9. The second-order valence-corrected chi connectivity index (χ2v) is 11.3. The number of hydrogen-bond acceptors (Lipinski definition) is 4. The molecule has 2 aromatic carbocycles. The Morgan fingerprint density at radius 1 is 0.889 bits per heavy atom. The summed E-state index contributed by atoms with van der Waals surface area (Å²) in [6.45, 7) is 0.512. The molecule has 3 atom stereocenters. The molecule has 0 spiro atoms. The summed E-state index contributed by atoms with van der Waals surface area (Å²) < 4.78 is 40.3. The minimum absolute atomic E-state index is 0.132. The lowest BCUT2D eigenvalue weighted by molar-refractivity contribution is -0.127. The van der Waals surface area contributed by atoms with Crippen molar-refractivity contribution in [3.8, 4) is 0 Å². The Morgan fingerprint density at radius 3 is 2.25 bits per heavy atom. The van der Waals surface area contributed by atoms with Gasteiger partial charge in [0.2, 0.25) is 15.9 Å². The van der Waals surface area contributed by atoms with Gasteiger partial charge in [0.15, 0.2) is 0 Å². The first-order chi connectivity index (χ1) is 17.3. The van der Waals surface area contributed by atoms with Crippen molar-refractivity contribution < 1.29 is 22.4 Å². The van der Waals surface area contributed by atoms with Crippen molar-refractivity contribution in [2.45, 2.75) is 50.6 Å². The first-order valence-corrected chi connectivity index (χ1v) is 13.9. The lowest BCUT2D eigenvalue weighted by Crippen LogP contribution is -2.55. The van der Waals surface area contributed by atoms with Gasteiger partial charge >= 0.3 is 0 Å². The normalized spacial score (nSPS) is 23.3. The zero-order chi connectivity index (χ0) is 25.5. The number of hydrogen-bond donors (Lipinski definition) is 2. The summed E-state index contributed by atoms with van der Waals surface area (Å²) >= 11 is 0. The van der Waals surface area contributed by atoms with Gasteiger partial charge in [0.05, 0.1) is 5.92 Å². The van der Waals surface area contributed by atoms with Crippen LogP contribution in [0.25, 0.3) is 6.08 Å². The average molecular weight is 514 g/mol. The van der Waals surface area contributed by atoms with E-state index in [4.69, 9.17) is 0 Å². The number of nitrogens with one attached hydrogen (secondary N) is 2. The topological polar surface area (TPSA) is 95.6 Å². The van der Waals surface area contributed by atoms with E-state index in [-0.39, 0.29) is 30.4 Å². The Hall–Kier alpha value is -3.04. The summed E-state index contributed by atoms with van der Waals surface area (Å²) in [7, 11) is -3.65. The fraction of sp³-hybridized carbons (Fsp3) is 0.407. The largest absolute Gasteiger partial charge is 0.351 e. The molecular weight excluding hydrogens is 481 g/mol. The van der Waals surface area contributed by atoms with Crippen LogP contribution in [0.1, 0.15) is 54.4 Å². The predicted octanol–water partition coefficient (Wildman–Crippen LogP) is 3.70. The predicted molar refractivity (Wildman–Crippen MR) is 137 cm³/mol. The van der Waals surface area contributed by atoms with E-state index >= 15 is 0 Å². The third-order valence-corrected chi connectivity index (χ3v) is 8.39. The number of amides is 2. The number of halogens is 1. The van der Waals surface area contributed by atoms with E-state index in [0.717, 1.165) is 31.2 Å². The maximum atomic E-state index is 13.2. The smallest absolute Gasteiger partial charge is 0.251 e. The summed E-state index contributed by atoms with van der Waals surface area (Å²) in [4.78, 5) is 25.8. The van der Waals surface area contributed by atoms with Crippen molar-refractivity contribution in [1.29, 1.82) is 0 Å². The standard InChI is InChI=1S/C27H32FN3O4S/c28-23-14-12-21(13-15-23)26(32)29-24-10-4-5-11-25(24)30-27(33)22-9-6-17-31(19-22)36(34,35)18-16-20-7-2-1-3-8-20/h1-3,7-8,12-16,18,22,24-25H,4-6,9-11,17,19H2,(H,29,32)(H,30,33)/b18-16+/t22?,24-,25?/m1/s1. The molecule has 2 fully saturated rings. The summed E-state index contributed by atoms with van der Waals surface area (Å²) in [6.07, 6.45) is 6.11. The number of carbonyl (C=O) groups is 2. The van der Waals surface area contributed by atoms with Gasteiger partial charge in [-0.15, -0.1) is 0 Å². The molecule has 192 valence electrons. The molecule has 7 nitrogen and oxygen atoms in total. The Labute approximate surface area is 211 Å². The van der Waals surface area contributed by atoms with E-state index in [2.05, 4.69) is 10.6 Å². The number of nitrogens with zero attached hydrogens (tertiary/aromatic N) is 1. The van der Waals surface area contributed by atoms with Gasteiger partial charge in [0.25, 0.3) is 5.91 Å². The molecule has 1 saturated carbocycles. The molecule has 1 aliphatic carbocycles. The number of benzene rings is 2. The van der Waals surface area contributed by atoms with Crippen LogP contribution < -0.4 is 10.6 Å². The third kappa shape index (κ3) is 6.79. The second-order valence-electron chi connectivity index (χ2n) is 9.44. The first-order valence-electron chi connectivity index (χ1n) is 12.4. The van der Waals surface area contributed by atoms with Crippen molar-refractivity contribution in [3.63, 3.8) is 0 Å². The van der Waals surface area contributed by atoms with Crippen LogP contribution in [0.2, 0.25) is 0 Å². The number of carbonyl (C=O) groups excluding carboxylic acids is 2. The van der Waals surface area contributed by atoms with Crippen LogP contribution in [0.15, 0.2) is 60.0 Å². The molecule has 1 heterocycles.